The van der Waals surface area contributed by atoms with Gasteiger partial charge in [0.2, 0.25) is 0 Å². The lowest BCUT2D eigenvalue weighted by atomic mass is 10.0. The summed E-state index contributed by atoms with van der Waals surface area (Å²) in [7, 11) is 2.07. The van der Waals surface area contributed by atoms with Gasteiger partial charge in [0.05, 0.1) is 24.0 Å². The van der Waals surface area contributed by atoms with E-state index >= 15 is 0 Å². The standard InChI is InChI=1S/C16H23N5/c1-19-11-17-8-14(19)10-20-7-6-13(9-20)21-12-18-15-4-2-3-5-16(15)21/h8,11-13H,2-7,9-10H2,1H3. The Morgan fingerprint density at radius 1 is 1.24 bits per heavy atom. The molecule has 2 aliphatic rings. The molecule has 0 saturated carbocycles. The minimum atomic E-state index is 0.604. The van der Waals surface area contributed by atoms with Gasteiger partial charge >= 0.3 is 0 Å². The molecule has 0 aromatic carbocycles. The quantitative estimate of drug-likeness (QED) is 0.865. The highest BCUT2D eigenvalue weighted by atomic mass is 15.2. The van der Waals surface area contributed by atoms with Gasteiger partial charge in [0.25, 0.3) is 0 Å². The smallest absolute Gasteiger partial charge is 0.0954 e. The second kappa shape index (κ2) is 5.30. The van der Waals surface area contributed by atoms with Crippen LogP contribution in [0.4, 0.5) is 0 Å². The first-order valence-corrected chi connectivity index (χ1v) is 8.03. The van der Waals surface area contributed by atoms with Crippen molar-refractivity contribution in [3.05, 3.63) is 35.9 Å². The molecule has 4 rings (SSSR count). The molecule has 5 heteroatoms. The molecular weight excluding hydrogens is 262 g/mol. The lowest BCUT2D eigenvalue weighted by Gasteiger charge is -2.20. The summed E-state index contributed by atoms with van der Waals surface area (Å²) in [6.07, 6.45) is 12.2. The number of aromatic nitrogens is 4. The molecule has 0 amide bonds. The number of rotatable bonds is 3. The van der Waals surface area contributed by atoms with E-state index in [9.17, 15) is 0 Å². The minimum Gasteiger partial charge on any atom is -0.337 e. The van der Waals surface area contributed by atoms with E-state index in [4.69, 9.17) is 0 Å². The minimum absolute atomic E-state index is 0.604. The number of imidazole rings is 2. The normalized spacial score (nSPS) is 22.6. The van der Waals surface area contributed by atoms with Gasteiger partial charge in [-0.15, -0.1) is 0 Å². The maximum absolute atomic E-state index is 4.65. The molecule has 1 aliphatic heterocycles. The number of hydrogen-bond acceptors (Lipinski definition) is 3. The van der Waals surface area contributed by atoms with Crippen LogP contribution in [0.25, 0.3) is 0 Å². The molecule has 0 bridgehead atoms. The molecule has 1 fully saturated rings. The van der Waals surface area contributed by atoms with Gasteiger partial charge in [0, 0.05) is 44.6 Å². The van der Waals surface area contributed by atoms with Gasteiger partial charge in [-0.1, -0.05) is 0 Å². The molecule has 1 atom stereocenters. The largest absolute Gasteiger partial charge is 0.337 e. The third-order valence-electron chi connectivity index (χ3n) is 5.00. The van der Waals surface area contributed by atoms with Crippen molar-refractivity contribution < 1.29 is 0 Å². The molecule has 2 aromatic rings. The maximum Gasteiger partial charge on any atom is 0.0954 e. The summed E-state index contributed by atoms with van der Waals surface area (Å²) in [5.74, 6) is 0. The Morgan fingerprint density at radius 2 is 2.14 bits per heavy atom. The van der Waals surface area contributed by atoms with E-state index in [-0.39, 0.29) is 0 Å². The zero-order valence-electron chi connectivity index (χ0n) is 12.7. The third kappa shape index (κ3) is 2.39. The van der Waals surface area contributed by atoms with Crippen molar-refractivity contribution in [1.82, 2.24) is 24.0 Å². The molecule has 2 aromatic heterocycles. The molecule has 1 unspecified atom stereocenters. The molecular formula is C16H23N5. The SMILES string of the molecule is Cn1cncc1CN1CCC(n2cnc3c2CCCC3)C1. The number of fused-ring (bicyclic) bond motifs is 1. The van der Waals surface area contributed by atoms with Crippen molar-refractivity contribution in [3.63, 3.8) is 0 Å². The predicted octanol–water partition coefficient (Wildman–Crippen LogP) is 1.94. The van der Waals surface area contributed by atoms with Crippen molar-refractivity contribution in [2.24, 2.45) is 7.05 Å². The Hall–Kier alpha value is -1.62. The topological polar surface area (TPSA) is 38.9 Å². The summed E-state index contributed by atoms with van der Waals surface area (Å²) in [6, 6.07) is 0.604. The second-order valence-corrected chi connectivity index (χ2v) is 6.43. The first-order chi connectivity index (χ1) is 10.3. The molecule has 0 N–H and O–H groups in total. The number of hydrogen-bond donors (Lipinski definition) is 0. The molecule has 3 heterocycles. The summed E-state index contributed by atoms with van der Waals surface area (Å²) < 4.78 is 4.59. The zero-order chi connectivity index (χ0) is 14.2. The molecule has 0 radical (unpaired) electrons. The fourth-order valence-corrected chi connectivity index (χ4v) is 3.76. The van der Waals surface area contributed by atoms with Crippen molar-refractivity contribution in [3.8, 4) is 0 Å². The fraction of sp³-hybridized carbons (Fsp3) is 0.625. The third-order valence-corrected chi connectivity index (χ3v) is 5.00. The first kappa shape index (κ1) is 13.1. The van der Waals surface area contributed by atoms with E-state index < -0.39 is 0 Å². The zero-order valence-corrected chi connectivity index (χ0v) is 12.7. The van der Waals surface area contributed by atoms with Gasteiger partial charge in [-0.25, -0.2) is 9.97 Å². The van der Waals surface area contributed by atoms with E-state index in [1.807, 2.05) is 12.5 Å². The number of nitrogens with zero attached hydrogens (tertiary/aromatic N) is 5. The Kier molecular flexibility index (Phi) is 3.30. The van der Waals surface area contributed by atoms with Crippen LogP contribution in [0.5, 0.6) is 0 Å². The van der Waals surface area contributed by atoms with Crippen LogP contribution in [0.1, 0.15) is 42.4 Å². The molecule has 112 valence electrons. The van der Waals surface area contributed by atoms with E-state index in [0.717, 1.165) is 13.1 Å². The van der Waals surface area contributed by atoms with Crippen LogP contribution in [0.3, 0.4) is 0 Å². The highest BCUT2D eigenvalue weighted by molar-refractivity contribution is 5.17. The van der Waals surface area contributed by atoms with Crippen LogP contribution in [0.2, 0.25) is 0 Å². The van der Waals surface area contributed by atoms with Crippen molar-refractivity contribution in [1.29, 1.82) is 0 Å². The molecule has 1 saturated heterocycles. The van der Waals surface area contributed by atoms with E-state index in [1.54, 1.807) is 0 Å². The van der Waals surface area contributed by atoms with E-state index in [2.05, 4.69) is 37.4 Å². The van der Waals surface area contributed by atoms with Gasteiger partial charge in [0.15, 0.2) is 0 Å². The van der Waals surface area contributed by atoms with Crippen molar-refractivity contribution in [2.45, 2.75) is 44.7 Å². The van der Waals surface area contributed by atoms with Gasteiger partial charge in [-0.05, 0) is 32.1 Å². The summed E-state index contributed by atoms with van der Waals surface area (Å²) >= 11 is 0. The lowest BCUT2D eigenvalue weighted by Crippen LogP contribution is -2.23. The van der Waals surface area contributed by atoms with Crippen LogP contribution in [0, 0.1) is 0 Å². The first-order valence-electron chi connectivity index (χ1n) is 8.03. The van der Waals surface area contributed by atoms with Crippen molar-refractivity contribution in [2.75, 3.05) is 13.1 Å². The highest BCUT2D eigenvalue weighted by Gasteiger charge is 2.27. The van der Waals surface area contributed by atoms with Gasteiger partial charge < -0.3 is 9.13 Å². The average molecular weight is 285 g/mol. The Bertz CT molecular complexity index is 626. The number of aryl methyl sites for hydroxylation is 2. The fourth-order valence-electron chi connectivity index (χ4n) is 3.76. The van der Waals surface area contributed by atoms with Crippen molar-refractivity contribution >= 4 is 0 Å². The highest BCUT2D eigenvalue weighted by Crippen LogP contribution is 2.28. The predicted molar refractivity (Wildman–Crippen MR) is 81.0 cm³/mol. The average Bonchev–Trinajstić information content (AvgIpc) is 3.20. The van der Waals surface area contributed by atoms with Crippen LogP contribution in [-0.4, -0.2) is 37.1 Å². The van der Waals surface area contributed by atoms with E-state index in [0.29, 0.717) is 6.04 Å². The van der Waals surface area contributed by atoms with Gasteiger partial charge in [0.1, 0.15) is 0 Å². The second-order valence-electron chi connectivity index (χ2n) is 6.43. The van der Waals surface area contributed by atoms with Gasteiger partial charge in [-0.3, -0.25) is 4.90 Å². The summed E-state index contributed by atoms with van der Waals surface area (Å²) in [4.78, 5) is 11.4. The van der Waals surface area contributed by atoms with Gasteiger partial charge in [-0.2, -0.15) is 0 Å². The lowest BCUT2D eigenvalue weighted by molar-refractivity contribution is 0.308. The Labute approximate surface area is 125 Å². The Balaban J connectivity index is 1.47. The maximum atomic E-state index is 4.65. The summed E-state index contributed by atoms with van der Waals surface area (Å²) in [5, 5.41) is 0. The Morgan fingerprint density at radius 3 is 3.00 bits per heavy atom. The molecule has 21 heavy (non-hydrogen) atoms. The molecule has 0 spiro atoms. The summed E-state index contributed by atoms with van der Waals surface area (Å²) in [5.41, 5.74) is 4.16. The van der Waals surface area contributed by atoms with Crippen LogP contribution in [-0.2, 0) is 26.4 Å². The molecule has 1 aliphatic carbocycles. The monoisotopic (exact) mass is 285 g/mol. The number of likely N-dealkylation sites (tertiary alicyclic amines) is 1. The van der Waals surface area contributed by atoms with Crippen LogP contribution in [0.15, 0.2) is 18.9 Å². The molecule has 5 nitrogen and oxygen atoms in total. The summed E-state index contributed by atoms with van der Waals surface area (Å²) in [6.45, 7) is 3.31. The van der Waals surface area contributed by atoms with E-state index in [1.165, 1.54) is 55.7 Å². The van der Waals surface area contributed by atoms with Crippen LogP contribution >= 0.6 is 0 Å². The van der Waals surface area contributed by atoms with Crippen LogP contribution < -0.4 is 0 Å².